The number of aryl methyl sites for hydroxylation is 1. The first-order chi connectivity index (χ1) is 9.15. The second-order valence-corrected chi connectivity index (χ2v) is 4.15. The van der Waals surface area contributed by atoms with Gasteiger partial charge in [0.15, 0.2) is 0 Å². The normalized spacial score (nSPS) is 10.4. The Bertz CT molecular complexity index is 517. The summed E-state index contributed by atoms with van der Waals surface area (Å²) in [6.07, 6.45) is 1.78. The molecule has 7 heteroatoms. The highest BCUT2D eigenvalue weighted by molar-refractivity contribution is 5.85. The summed E-state index contributed by atoms with van der Waals surface area (Å²) in [5.74, 6) is 0.171. The van der Waals surface area contributed by atoms with E-state index in [2.05, 4.69) is 20.3 Å². The summed E-state index contributed by atoms with van der Waals surface area (Å²) in [5.41, 5.74) is 3.15. The van der Waals surface area contributed by atoms with Crippen LogP contribution in [0.2, 0.25) is 0 Å². The first-order valence-electron chi connectivity index (χ1n) is 5.88. The summed E-state index contributed by atoms with van der Waals surface area (Å²) in [7, 11) is 0. The van der Waals surface area contributed by atoms with E-state index in [0.717, 1.165) is 16.8 Å². The third kappa shape index (κ3) is 4.79. The number of benzene rings is 1. The van der Waals surface area contributed by atoms with Crippen molar-refractivity contribution in [2.45, 2.75) is 26.6 Å². The van der Waals surface area contributed by atoms with E-state index in [9.17, 15) is 8.78 Å². The van der Waals surface area contributed by atoms with E-state index >= 15 is 0 Å². The van der Waals surface area contributed by atoms with Crippen molar-refractivity contribution in [2.24, 2.45) is 0 Å². The van der Waals surface area contributed by atoms with Crippen LogP contribution in [0.1, 0.15) is 16.8 Å². The molecule has 0 fully saturated rings. The molecule has 1 aromatic carbocycles. The lowest BCUT2D eigenvalue weighted by molar-refractivity contribution is -0.0498. The number of ether oxygens (including phenoxy) is 1. The van der Waals surface area contributed by atoms with Crippen LogP contribution in [0.15, 0.2) is 30.5 Å². The van der Waals surface area contributed by atoms with Crippen molar-refractivity contribution in [3.8, 4) is 5.75 Å². The summed E-state index contributed by atoms with van der Waals surface area (Å²) >= 11 is 0. The molecule has 2 N–H and O–H groups in total. The van der Waals surface area contributed by atoms with Crippen LogP contribution in [-0.2, 0) is 13.1 Å². The van der Waals surface area contributed by atoms with Gasteiger partial charge in [0.1, 0.15) is 5.75 Å². The Morgan fingerprint density at radius 3 is 2.50 bits per heavy atom. The highest BCUT2D eigenvalue weighted by Crippen LogP contribution is 2.14. The van der Waals surface area contributed by atoms with E-state index in [0.29, 0.717) is 13.1 Å². The number of aromatic amines is 1. The Morgan fingerprint density at radius 1 is 1.25 bits per heavy atom. The van der Waals surface area contributed by atoms with Crippen LogP contribution in [-0.4, -0.2) is 16.8 Å². The number of nitrogens with one attached hydrogen (secondary N) is 2. The number of alkyl halides is 2. The Hall–Kier alpha value is -1.66. The summed E-state index contributed by atoms with van der Waals surface area (Å²) in [6.45, 7) is 0.533. The maximum absolute atomic E-state index is 12.0. The molecule has 0 aliphatic heterocycles. The first kappa shape index (κ1) is 16.4. The third-order valence-corrected chi connectivity index (χ3v) is 2.73. The topological polar surface area (TPSA) is 49.9 Å². The molecular formula is C13H16ClF2N3O. The van der Waals surface area contributed by atoms with Gasteiger partial charge in [-0.3, -0.25) is 5.10 Å². The fourth-order valence-electron chi connectivity index (χ4n) is 1.68. The fourth-order valence-corrected chi connectivity index (χ4v) is 1.68. The monoisotopic (exact) mass is 303 g/mol. The second kappa shape index (κ2) is 7.81. The van der Waals surface area contributed by atoms with Gasteiger partial charge in [0.2, 0.25) is 0 Å². The molecule has 0 bridgehead atoms. The van der Waals surface area contributed by atoms with Crippen molar-refractivity contribution in [1.82, 2.24) is 15.5 Å². The van der Waals surface area contributed by atoms with E-state index in [-0.39, 0.29) is 18.2 Å². The zero-order valence-corrected chi connectivity index (χ0v) is 11.7. The Kier molecular flexibility index (Phi) is 6.41. The molecule has 1 heterocycles. The van der Waals surface area contributed by atoms with Crippen LogP contribution in [0.3, 0.4) is 0 Å². The summed E-state index contributed by atoms with van der Waals surface area (Å²) in [4.78, 5) is 0. The zero-order valence-electron chi connectivity index (χ0n) is 10.9. The number of rotatable bonds is 6. The highest BCUT2D eigenvalue weighted by Gasteiger charge is 2.04. The Labute approximate surface area is 121 Å². The van der Waals surface area contributed by atoms with Gasteiger partial charge < -0.3 is 10.1 Å². The van der Waals surface area contributed by atoms with Crippen molar-refractivity contribution < 1.29 is 13.5 Å². The van der Waals surface area contributed by atoms with E-state index in [1.807, 2.05) is 6.92 Å². The highest BCUT2D eigenvalue weighted by atomic mass is 35.5. The van der Waals surface area contributed by atoms with E-state index in [1.165, 1.54) is 12.1 Å². The van der Waals surface area contributed by atoms with Crippen molar-refractivity contribution in [3.05, 3.63) is 47.3 Å². The van der Waals surface area contributed by atoms with Gasteiger partial charge in [0.05, 0.1) is 6.20 Å². The molecule has 0 aliphatic rings. The molecule has 0 atom stereocenters. The number of aromatic nitrogens is 2. The van der Waals surface area contributed by atoms with E-state index in [4.69, 9.17) is 0 Å². The maximum Gasteiger partial charge on any atom is 0.387 e. The first-order valence-corrected chi connectivity index (χ1v) is 5.88. The fraction of sp³-hybridized carbons (Fsp3) is 0.308. The van der Waals surface area contributed by atoms with Crippen LogP contribution in [0.5, 0.6) is 5.75 Å². The lowest BCUT2D eigenvalue weighted by Crippen LogP contribution is -2.12. The van der Waals surface area contributed by atoms with Gasteiger partial charge in [0, 0.05) is 24.3 Å². The number of H-pyrrole nitrogens is 1. The third-order valence-electron chi connectivity index (χ3n) is 2.73. The molecule has 0 aliphatic carbocycles. The molecule has 4 nitrogen and oxygen atoms in total. The minimum Gasteiger partial charge on any atom is -0.435 e. The molecule has 20 heavy (non-hydrogen) atoms. The molecule has 0 saturated heterocycles. The molecule has 1 aromatic heterocycles. The minimum atomic E-state index is -2.78. The standard InChI is InChI=1S/C13H15F2N3O.ClH/c1-9-11(8-17-18-9)7-16-6-10-2-4-12(5-3-10)19-13(14)15;/h2-5,8,13,16H,6-7H2,1H3,(H,17,18);1H. The number of hydrogen-bond acceptors (Lipinski definition) is 3. The summed E-state index contributed by atoms with van der Waals surface area (Å²) in [5, 5.41) is 10.1. The zero-order chi connectivity index (χ0) is 13.7. The molecule has 0 saturated carbocycles. The number of hydrogen-bond donors (Lipinski definition) is 2. The predicted molar refractivity (Wildman–Crippen MR) is 74.2 cm³/mol. The molecule has 0 radical (unpaired) electrons. The molecule has 0 amide bonds. The molecule has 0 spiro atoms. The Balaban J connectivity index is 0.00000200. The predicted octanol–water partition coefficient (Wildman–Crippen LogP) is 3.03. The maximum atomic E-state index is 12.0. The molecule has 2 rings (SSSR count). The second-order valence-electron chi connectivity index (χ2n) is 4.15. The molecule has 0 unspecified atom stereocenters. The van der Waals surface area contributed by atoms with Crippen molar-refractivity contribution in [2.75, 3.05) is 0 Å². The van der Waals surface area contributed by atoms with Crippen molar-refractivity contribution in [1.29, 1.82) is 0 Å². The smallest absolute Gasteiger partial charge is 0.387 e. The summed E-state index contributed by atoms with van der Waals surface area (Å²) in [6, 6.07) is 6.58. The van der Waals surface area contributed by atoms with Gasteiger partial charge in [-0.2, -0.15) is 13.9 Å². The van der Waals surface area contributed by atoms with Gasteiger partial charge in [-0.25, -0.2) is 0 Å². The average molecular weight is 304 g/mol. The quantitative estimate of drug-likeness (QED) is 0.862. The lowest BCUT2D eigenvalue weighted by Gasteiger charge is -2.07. The van der Waals surface area contributed by atoms with Gasteiger partial charge in [-0.1, -0.05) is 12.1 Å². The van der Waals surface area contributed by atoms with E-state index < -0.39 is 6.61 Å². The van der Waals surface area contributed by atoms with Gasteiger partial charge in [-0.05, 0) is 24.6 Å². The minimum absolute atomic E-state index is 0. The molecular weight excluding hydrogens is 288 g/mol. The SMILES string of the molecule is Cc1[nH]ncc1CNCc1ccc(OC(F)F)cc1.Cl. The van der Waals surface area contributed by atoms with Crippen LogP contribution in [0.4, 0.5) is 8.78 Å². The Morgan fingerprint density at radius 2 is 1.95 bits per heavy atom. The van der Waals surface area contributed by atoms with Crippen LogP contribution in [0, 0.1) is 6.92 Å². The molecule has 2 aromatic rings. The number of halogens is 3. The van der Waals surface area contributed by atoms with Gasteiger partial charge >= 0.3 is 6.61 Å². The average Bonchev–Trinajstić information content (AvgIpc) is 2.77. The molecule has 110 valence electrons. The van der Waals surface area contributed by atoms with Crippen LogP contribution < -0.4 is 10.1 Å². The van der Waals surface area contributed by atoms with Crippen molar-refractivity contribution >= 4 is 12.4 Å². The van der Waals surface area contributed by atoms with Crippen LogP contribution >= 0.6 is 12.4 Å². The van der Waals surface area contributed by atoms with Crippen molar-refractivity contribution in [3.63, 3.8) is 0 Å². The summed E-state index contributed by atoms with van der Waals surface area (Å²) < 4.78 is 28.2. The van der Waals surface area contributed by atoms with E-state index in [1.54, 1.807) is 18.3 Å². The van der Waals surface area contributed by atoms with Gasteiger partial charge in [0.25, 0.3) is 0 Å². The van der Waals surface area contributed by atoms with Gasteiger partial charge in [-0.15, -0.1) is 12.4 Å². The van der Waals surface area contributed by atoms with Crippen LogP contribution in [0.25, 0.3) is 0 Å². The largest absolute Gasteiger partial charge is 0.435 e. The number of nitrogens with zero attached hydrogens (tertiary/aromatic N) is 1. The lowest BCUT2D eigenvalue weighted by atomic mass is 10.2.